The lowest BCUT2D eigenvalue weighted by molar-refractivity contribution is 0.0908. The summed E-state index contributed by atoms with van der Waals surface area (Å²) in [6, 6.07) is 17.0. The Balaban J connectivity index is 1.33. The van der Waals surface area contributed by atoms with Gasteiger partial charge in [-0.2, -0.15) is 4.31 Å². The van der Waals surface area contributed by atoms with Gasteiger partial charge in [0.2, 0.25) is 10.0 Å². The van der Waals surface area contributed by atoms with Gasteiger partial charge in [0.25, 0.3) is 5.91 Å². The van der Waals surface area contributed by atoms with Crippen LogP contribution in [0, 0.1) is 0 Å². The number of rotatable bonds is 6. The fourth-order valence-corrected chi connectivity index (χ4v) is 5.96. The highest BCUT2D eigenvalue weighted by molar-refractivity contribution is 7.89. The topological polar surface area (TPSA) is 69.7 Å². The summed E-state index contributed by atoms with van der Waals surface area (Å²) in [6.45, 7) is 3.91. The number of hydrogen-bond acceptors (Lipinski definition) is 4. The molecule has 2 heterocycles. The SMILES string of the molecule is O=C(NC1CCN(Cc2ccccc2)CC1)c1cccc(S(=O)(=O)N2CCCCC2)c1. The van der Waals surface area contributed by atoms with Gasteiger partial charge in [0.15, 0.2) is 0 Å². The number of carbonyl (C=O) groups is 1. The molecule has 7 heteroatoms. The molecule has 0 spiro atoms. The van der Waals surface area contributed by atoms with E-state index in [2.05, 4.69) is 34.5 Å². The van der Waals surface area contributed by atoms with Crippen molar-refractivity contribution in [3.63, 3.8) is 0 Å². The molecule has 0 aromatic heterocycles. The molecule has 2 aliphatic rings. The Morgan fingerprint density at radius 1 is 0.903 bits per heavy atom. The number of amides is 1. The van der Waals surface area contributed by atoms with Crippen molar-refractivity contribution in [3.8, 4) is 0 Å². The van der Waals surface area contributed by atoms with Crippen molar-refractivity contribution in [1.82, 2.24) is 14.5 Å². The van der Waals surface area contributed by atoms with Gasteiger partial charge >= 0.3 is 0 Å². The second-order valence-electron chi connectivity index (χ2n) is 8.50. The molecule has 4 rings (SSSR count). The lowest BCUT2D eigenvalue weighted by atomic mass is 10.0. The first-order chi connectivity index (χ1) is 15.0. The third kappa shape index (κ3) is 5.53. The summed E-state index contributed by atoms with van der Waals surface area (Å²) in [5.41, 5.74) is 1.71. The molecule has 1 N–H and O–H groups in total. The largest absolute Gasteiger partial charge is 0.349 e. The van der Waals surface area contributed by atoms with Crippen molar-refractivity contribution < 1.29 is 13.2 Å². The van der Waals surface area contributed by atoms with Crippen LogP contribution in [0.2, 0.25) is 0 Å². The predicted molar refractivity (Wildman–Crippen MR) is 121 cm³/mol. The van der Waals surface area contributed by atoms with Crippen LogP contribution < -0.4 is 5.32 Å². The number of carbonyl (C=O) groups excluding carboxylic acids is 1. The van der Waals surface area contributed by atoms with Gasteiger partial charge in [0.1, 0.15) is 0 Å². The molecule has 0 aliphatic carbocycles. The molecule has 6 nitrogen and oxygen atoms in total. The van der Waals surface area contributed by atoms with Gasteiger partial charge in [-0.3, -0.25) is 9.69 Å². The smallest absolute Gasteiger partial charge is 0.251 e. The molecule has 2 aliphatic heterocycles. The van der Waals surface area contributed by atoms with Crippen molar-refractivity contribution in [2.45, 2.75) is 49.6 Å². The summed E-state index contributed by atoms with van der Waals surface area (Å²) in [5.74, 6) is -0.197. The van der Waals surface area contributed by atoms with Crippen LogP contribution in [0.4, 0.5) is 0 Å². The highest BCUT2D eigenvalue weighted by Gasteiger charge is 2.27. The molecular weight excluding hydrogens is 410 g/mol. The summed E-state index contributed by atoms with van der Waals surface area (Å²) in [6.07, 6.45) is 4.64. The predicted octanol–water partition coefficient (Wildman–Crippen LogP) is 3.26. The van der Waals surface area contributed by atoms with Crippen molar-refractivity contribution in [3.05, 3.63) is 65.7 Å². The number of piperidine rings is 2. The zero-order valence-electron chi connectivity index (χ0n) is 17.9. The molecule has 1 amide bonds. The van der Waals surface area contributed by atoms with E-state index in [1.54, 1.807) is 18.2 Å². The van der Waals surface area contributed by atoms with Crippen LogP contribution in [0.25, 0.3) is 0 Å². The van der Waals surface area contributed by atoms with Crippen LogP contribution in [-0.4, -0.2) is 55.8 Å². The fraction of sp³-hybridized carbons (Fsp3) is 0.458. The maximum absolute atomic E-state index is 12.9. The summed E-state index contributed by atoms with van der Waals surface area (Å²) < 4.78 is 27.4. The molecule has 166 valence electrons. The second-order valence-corrected chi connectivity index (χ2v) is 10.4. The Morgan fingerprint density at radius 2 is 1.61 bits per heavy atom. The summed E-state index contributed by atoms with van der Waals surface area (Å²) in [5, 5.41) is 3.10. The van der Waals surface area contributed by atoms with Crippen LogP contribution in [0.1, 0.15) is 48.0 Å². The van der Waals surface area contributed by atoms with Crippen LogP contribution in [-0.2, 0) is 16.6 Å². The molecule has 2 saturated heterocycles. The highest BCUT2D eigenvalue weighted by Crippen LogP contribution is 2.22. The number of hydrogen-bond donors (Lipinski definition) is 1. The number of nitrogens with one attached hydrogen (secondary N) is 1. The van der Waals surface area contributed by atoms with Crippen LogP contribution in [0.3, 0.4) is 0 Å². The highest BCUT2D eigenvalue weighted by atomic mass is 32.2. The minimum absolute atomic E-state index is 0.113. The first-order valence-electron chi connectivity index (χ1n) is 11.2. The van der Waals surface area contributed by atoms with E-state index in [9.17, 15) is 13.2 Å². The number of benzene rings is 2. The minimum atomic E-state index is -3.54. The molecule has 0 saturated carbocycles. The van der Waals surface area contributed by atoms with E-state index in [1.807, 2.05) is 6.07 Å². The van der Waals surface area contributed by atoms with Crippen LogP contribution in [0.5, 0.6) is 0 Å². The monoisotopic (exact) mass is 441 g/mol. The maximum atomic E-state index is 12.9. The van der Waals surface area contributed by atoms with E-state index in [0.29, 0.717) is 18.7 Å². The van der Waals surface area contributed by atoms with Gasteiger partial charge in [-0.05, 0) is 49.4 Å². The summed E-state index contributed by atoms with van der Waals surface area (Å²) in [4.78, 5) is 15.4. The molecule has 0 atom stereocenters. The van der Waals surface area contributed by atoms with E-state index in [4.69, 9.17) is 0 Å². The fourth-order valence-electron chi connectivity index (χ4n) is 4.40. The molecule has 0 radical (unpaired) electrons. The lowest BCUT2D eigenvalue weighted by Gasteiger charge is -2.32. The Morgan fingerprint density at radius 3 is 2.32 bits per heavy atom. The molecule has 31 heavy (non-hydrogen) atoms. The number of nitrogens with zero attached hydrogens (tertiary/aromatic N) is 2. The van der Waals surface area contributed by atoms with E-state index in [-0.39, 0.29) is 16.8 Å². The van der Waals surface area contributed by atoms with Gasteiger partial charge in [-0.15, -0.1) is 0 Å². The van der Waals surface area contributed by atoms with E-state index >= 15 is 0 Å². The Kier molecular flexibility index (Phi) is 7.05. The normalized spacial score (nSPS) is 19.2. The Hall–Kier alpha value is -2.22. The average molecular weight is 442 g/mol. The molecule has 2 aromatic carbocycles. The standard InChI is InChI=1S/C24H31N3O3S/c28-24(25-22-12-16-26(17-13-22)19-20-8-3-1-4-9-20)21-10-7-11-23(18-21)31(29,30)27-14-5-2-6-15-27/h1,3-4,7-11,18,22H,2,5-6,12-17,19H2,(H,25,28). The van der Waals surface area contributed by atoms with Crippen molar-refractivity contribution >= 4 is 15.9 Å². The van der Waals surface area contributed by atoms with Crippen molar-refractivity contribution in [2.75, 3.05) is 26.2 Å². The molecule has 2 fully saturated rings. The first-order valence-corrected chi connectivity index (χ1v) is 12.6. The molecular formula is C24H31N3O3S. The zero-order valence-corrected chi connectivity index (χ0v) is 18.7. The van der Waals surface area contributed by atoms with E-state index in [0.717, 1.165) is 51.7 Å². The molecule has 2 aromatic rings. The third-order valence-electron chi connectivity index (χ3n) is 6.22. The Bertz CT molecular complexity index is 980. The third-order valence-corrected chi connectivity index (χ3v) is 8.12. The van der Waals surface area contributed by atoms with Crippen LogP contribution in [0.15, 0.2) is 59.5 Å². The molecule has 0 unspecified atom stereocenters. The maximum Gasteiger partial charge on any atom is 0.251 e. The Labute approximate surface area is 185 Å². The summed E-state index contributed by atoms with van der Waals surface area (Å²) >= 11 is 0. The van der Waals surface area contributed by atoms with Gasteiger partial charge in [-0.1, -0.05) is 42.8 Å². The zero-order chi connectivity index (χ0) is 21.7. The van der Waals surface area contributed by atoms with Crippen molar-refractivity contribution in [2.24, 2.45) is 0 Å². The average Bonchev–Trinajstić information content (AvgIpc) is 2.82. The lowest BCUT2D eigenvalue weighted by Crippen LogP contribution is -2.44. The minimum Gasteiger partial charge on any atom is -0.349 e. The van der Waals surface area contributed by atoms with Crippen LogP contribution >= 0.6 is 0 Å². The van der Waals surface area contributed by atoms with Gasteiger partial charge in [-0.25, -0.2) is 8.42 Å². The van der Waals surface area contributed by atoms with E-state index < -0.39 is 10.0 Å². The van der Waals surface area contributed by atoms with Gasteiger partial charge < -0.3 is 5.32 Å². The number of sulfonamides is 1. The second kappa shape index (κ2) is 9.94. The summed E-state index contributed by atoms with van der Waals surface area (Å²) in [7, 11) is -3.54. The first kappa shape index (κ1) is 22.0. The quantitative estimate of drug-likeness (QED) is 0.747. The van der Waals surface area contributed by atoms with Crippen molar-refractivity contribution in [1.29, 1.82) is 0 Å². The number of likely N-dealkylation sites (tertiary alicyclic amines) is 1. The van der Waals surface area contributed by atoms with E-state index in [1.165, 1.54) is 15.9 Å². The van der Waals surface area contributed by atoms with Gasteiger partial charge in [0, 0.05) is 44.3 Å². The van der Waals surface area contributed by atoms with Gasteiger partial charge in [0.05, 0.1) is 4.90 Å². The molecule has 0 bridgehead atoms.